The van der Waals surface area contributed by atoms with Crippen LogP contribution in [0.25, 0.3) is 0 Å². The van der Waals surface area contributed by atoms with E-state index < -0.39 is 0 Å². The lowest BCUT2D eigenvalue weighted by Gasteiger charge is -2.26. The predicted octanol–water partition coefficient (Wildman–Crippen LogP) is 3.95. The minimum Gasteiger partial charge on any atom is -0.395 e. The zero-order valence-corrected chi connectivity index (χ0v) is 15.7. The Morgan fingerprint density at radius 3 is 2.42 bits per heavy atom. The number of nitrogens with zero attached hydrogens (tertiary/aromatic N) is 2. The molecule has 0 saturated heterocycles. The van der Waals surface area contributed by atoms with Crippen LogP contribution in [0.4, 0.5) is 16.2 Å². The first kappa shape index (κ1) is 19.8. The number of aliphatic hydroxyl groups excluding tert-OH is 1. The number of benzene rings is 2. The van der Waals surface area contributed by atoms with Crippen molar-refractivity contribution in [2.45, 2.75) is 26.3 Å². The maximum atomic E-state index is 12.6. The van der Waals surface area contributed by atoms with Gasteiger partial charge in [0.1, 0.15) is 0 Å². The summed E-state index contributed by atoms with van der Waals surface area (Å²) in [6, 6.07) is 17.8. The molecule has 0 radical (unpaired) electrons. The van der Waals surface area contributed by atoms with Gasteiger partial charge in [0.2, 0.25) is 0 Å². The van der Waals surface area contributed by atoms with Gasteiger partial charge in [-0.2, -0.15) is 0 Å². The van der Waals surface area contributed by atoms with E-state index in [4.69, 9.17) is 0 Å². The molecule has 0 saturated carbocycles. The van der Waals surface area contributed by atoms with Crippen LogP contribution in [-0.2, 0) is 6.54 Å². The number of nitrogens with one attached hydrogen (secondary N) is 1. The van der Waals surface area contributed by atoms with Gasteiger partial charge in [0.25, 0.3) is 0 Å². The van der Waals surface area contributed by atoms with E-state index in [1.165, 1.54) is 5.56 Å². The molecule has 5 heteroatoms. The van der Waals surface area contributed by atoms with E-state index >= 15 is 0 Å². The molecule has 0 spiro atoms. The zero-order chi connectivity index (χ0) is 18.8. The van der Waals surface area contributed by atoms with E-state index in [-0.39, 0.29) is 12.6 Å². The van der Waals surface area contributed by atoms with Crippen molar-refractivity contribution in [2.75, 3.05) is 37.0 Å². The summed E-state index contributed by atoms with van der Waals surface area (Å²) < 4.78 is 0. The average molecular weight is 355 g/mol. The van der Waals surface area contributed by atoms with Gasteiger partial charge >= 0.3 is 6.03 Å². The molecule has 26 heavy (non-hydrogen) atoms. The topological polar surface area (TPSA) is 55.8 Å². The molecule has 0 aromatic heterocycles. The molecule has 2 amide bonds. The standard InChI is InChI=1S/C21H29N3O2/c1-3-4-14-24(15-16-25)21(26)22-19-12-8-9-13-20(19)23(2)17-18-10-6-5-7-11-18/h5-13,25H,3-4,14-17H2,1-2H3,(H,22,26). The largest absolute Gasteiger partial charge is 0.395 e. The van der Waals surface area contributed by atoms with Crippen LogP contribution in [0.1, 0.15) is 25.3 Å². The van der Waals surface area contributed by atoms with Crippen LogP contribution in [0.3, 0.4) is 0 Å². The molecule has 0 aliphatic carbocycles. The van der Waals surface area contributed by atoms with Crippen LogP contribution in [0.5, 0.6) is 0 Å². The number of hydrogen-bond acceptors (Lipinski definition) is 3. The van der Waals surface area contributed by atoms with E-state index in [0.717, 1.165) is 30.8 Å². The fourth-order valence-electron chi connectivity index (χ4n) is 2.83. The van der Waals surface area contributed by atoms with Crippen molar-refractivity contribution in [3.63, 3.8) is 0 Å². The molecule has 0 aliphatic heterocycles. The highest BCUT2D eigenvalue weighted by atomic mass is 16.3. The maximum absolute atomic E-state index is 12.6. The number of aliphatic hydroxyl groups is 1. The molecule has 0 aliphatic rings. The third kappa shape index (κ3) is 5.77. The first-order valence-electron chi connectivity index (χ1n) is 9.16. The average Bonchev–Trinajstić information content (AvgIpc) is 2.66. The second-order valence-corrected chi connectivity index (χ2v) is 6.35. The van der Waals surface area contributed by atoms with E-state index in [9.17, 15) is 9.90 Å². The Balaban J connectivity index is 2.10. The van der Waals surface area contributed by atoms with Crippen molar-refractivity contribution in [1.82, 2.24) is 4.90 Å². The fourth-order valence-corrected chi connectivity index (χ4v) is 2.83. The van der Waals surface area contributed by atoms with Crippen molar-refractivity contribution < 1.29 is 9.90 Å². The molecule has 0 heterocycles. The summed E-state index contributed by atoms with van der Waals surface area (Å²) in [6.07, 6.45) is 1.93. The van der Waals surface area contributed by atoms with Crippen molar-refractivity contribution in [3.05, 3.63) is 60.2 Å². The lowest BCUT2D eigenvalue weighted by atomic mass is 10.2. The fraction of sp³-hybridized carbons (Fsp3) is 0.381. The Hall–Kier alpha value is -2.53. The van der Waals surface area contributed by atoms with Crippen LogP contribution < -0.4 is 10.2 Å². The number of anilines is 2. The third-order valence-corrected chi connectivity index (χ3v) is 4.26. The molecule has 0 unspecified atom stereocenters. The Labute approximate surface area is 156 Å². The summed E-state index contributed by atoms with van der Waals surface area (Å²) >= 11 is 0. The van der Waals surface area contributed by atoms with Crippen LogP contribution in [0, 0.1) is 0 Å². The highest BCUT2D eigenvalue weighted by Crippen LogP contribution is 2.26. The van der Waals surface area contributed by atoms with Gasteiger partial charge in [-0.3, -0.25) is 0 Å². The molecule has 140 valence electrons. The predicted molar refractivity (Wildman–Crippen MR) is 108 cm³/mol. The van der Waals surface area contributed by atoms with E-state index in [1.54, 1.807) is 4.90 Å². The van der Waals surface area contributed by atoms with Crippen molar-refractivity contribution >= 4 is 17.4 Å². The quantitative estimate of drug-likeness (QED) is 0.716. The first-order chi connectivity index (χ1) is 12.7. The van der Waals surface area contributed by atoms with Gasteiger partial charge in [0, 0.05) is 26.7 Å². The molecule has 0 bridgehead atoms. The van der Waals surface area contributed by atoms with E-state index in [2.05, 4.69) is 29.3 Å². The number of para-hydroxylation sites is 2. The molecule has 0 atom stereocenters. The first-order valence-corrected chi connectivity index (χ1v) is 9.16. The number of rotatable bonds is 9. The number of hydrogen-bond donors (Lipinski definition) is 2. The number of unbranched alkanes of at least 4 members (excludes halogenated alkanes) is 1. The molecular weight excluding hydrogens is 326 g/mol. The lowest BCUT2D eigenvalue weighted by molar-refractivity contribution is 0.187. The van der Waals surface area contributed by atoms with Crippen LogP contribution in [-0.4, -0.2) is 42.8 Å². The van der Waals surface area contributed by atoms with E-state index in [0.29, 0.717) is 13.1 Å². The summed E-state index contributed by atoms with van der Waals surface area (Å²) in [5, 5.41) is 12.2. The SMILES string of the molecule is CCCCN(CCO)C(=O)Nc1ccccc1N(C)Cc1ccccc1. The van der Waals surface area contributed by atoms with Gasteiger partial charge < -0.3 is 20.2 Å². The number of amides is 2. The third-order valence-electron chi connectivity index (χ3n) is 4.26. The normalized spacial score (nSPS) is 10.4. The van der Waals surface area contributed by atoms with Gasteiger partial charge in [-0.15, -0.1) is 0 Å². The van der Waals surface area contributed by atoms with Crippen molar-refractivity contribution in [1.29, 1.82) is 0 Å². The van der Waals surface area contributed by atoms with Crippen LogP contribution in [0.15, 0.2) is 54.6 Å². The molecule has 2 aromatic rings. The molecule has 2 rings (SSSR count). The van der Waals surface area contributed by atoms with Gasteiger partial charge in [0.05, 0.1) is 18.0 Å². The van der Waals surface area contributed by atoms with Gasteiger partial charge in [0.15, 0.2) is 0 Å². The summed E-state index contributed by atoms with van der Waals surface area (Å²) in [5.74, 6) is 0. The minimum absolute atomic E-state index is 0.0350. The van der Waals surface area contributed by atoms with Crippen LogP contribution in [0.2, 0.25) is 0 Å². The second-order valence-electron chi connectivity index (χ2n) is 6.35. The number of urea groups is 1. The lowest BCUT2D eigenvalue weighted by Crippen LogP contribution is -2.38. The molecular formula is C21H29N3O2. The summed E-state index contributed by atoms with van der Waals surface area (Å²) in [5.41, 5.74) is 2.94. The Morgan fingerprint density at radius 1 is 1.04 bits per heavy atom. The number of carbonyl (C=O) groups excluding carboxylic acids is 1. The summed E-state index contributed by atoms with van der Waals surface area (Å²) in [4.78, 5) is 16.4. The molecule has 2 aromatic carbocycles. The maximum Gasteiger partial charge on any atom is 0.321 e. The Bertz CT molecular complexity index is 676. The highest BCUT2D eigenvalue weighted by molar-refractivity contribution is 5.93. The molecule has 2 N–H and O–H groups in total. The summed E-state index contributed by atoms with van der Waals surface area (Å²) in [7, 11) is 2.01. The van der Waals surface area contributed by atoms with E-state index in [1.807, 2.05) is 49.5 Å². The highest BCUT2D eigenvalue weighted by Gasteiger charge is 2.15. The van der Waals surface area contributed by atoms with Gasteiger partial charge in [-0.25, -0.2) is 4.79 Å². The second kappa shape index (κ2) is 10.5. The van der Waals surface area contributed by atoms with Crippen molar-refractivity contribution in [3.8, 4) is 0 Å². The zero-order valence-electron chi connectivity index (χ0n) is 15.7. The van der Waals surface area contributed by atoms with Gasteiger partial charge in [-0.1, -0.05) is 55.8 Å². The minimum atomic E-state index is -0.173. The Morgan fingerprint density at radius 2 is 1.73 bits per heavy atom. The number of carbonyl (C=O) groups is 1. The smallest absolute Gasteiger partial charge is 0.321 e. The monoisotopic (exact) mass is 355 g/mol. The van der Waals surface area contributed by atoms with Gasteiger partial charge in [-0.05, 0) is 24.1 Å². The van der Waals surface area contributed by atoms with Crippen molar-refractivity contribution in [2.24, 2.45) is 0 Å². The Kier molecular flexibility index (Phi) is 7.96. The van der Waals surface area contributed by atoms with Crippen LogP contribution >= 0.6 is 0 Å². The molecule has 0 fully saturated rings. The summed E-state index contributed by atoms with van der Waals surface area (Å²) in [6.45, 7) is 3.79. The molecule has 5 nitrogen and oxygen atoms in total.